The molecule has 0 fully saturated rings. The predicted octanol–water partition coefficient (Wildman–Crippen LogP) is 2.95. The number of sulfonamides is 1. The minimum Gasteiger partial charge on any atom is -0.478 e. The Balaban J connectivity index is 1.85. The number of carboxylic acid groups (broad SMARTS) is 1. The highest BCUT2D eigenvalue weighted by atomic mass is 32.2. The largest absolute Gasteiger partial charge is 0.478 e. The molecule has 3 aromatic rings. The van der Waals surface area contributed by atoms with Crippen molar-refractivity contribution in [1.82, 2.24) is 4.90 Å². The standard InChI is InChI=1S/C21H16N2O6S/c1-2-23-19(24)16-8-4-5-12-10-15(11-17(18(12)16)20(23)25)30(28,29)22-14-7-3-6-13(9-14)21(26)27/h3-11,22H,2H2,1H3,(H,26,27). The van der Waals surface area contributed by atoms with Crippen LogP contribution in [0.25, 0.3) is 10.8 Å². The Labute approximate surface area is 171 Å². The summed E-state index contributed by atoms with van der Waals surface area (Å²) in [6.45, 7) is 1.82. The van der Waals surface area contributed by atoms with Crippen LogP contribution in [0.4, 0.5) is 5.69 Å². The molecule has 0 atom stereocenters. The van der Waals surface area contributed by atoms with Crippen molar-refractivity contribution in [1.29, 1.82) is 0 Å². The molecule has 30 heavy (non-hydrogen) atoms. The Bertz CT molecular complexity index is 1350. The van der Waals surface area contributed by atoms with Gasteiger partial charge in [0, 0.05) is 28.7 Å². The van der Waals surface area contributed by atoms with Crippen molar-refractivity contribution in [2.24, 2.45) is 0 Å². The zero-order valence-electron chi connectivity index (χ0n) is 15.7. The number of carboxylic acids is 1. The van der Waals surface area contributed by atoms with Gasteiger partial charge >= 0.3 is 5.97 Å². The summed E-state index contributed by atoms with van der Waals surface area (Å²) in [5.41, 5.74) is 0.481. The molecule has 0 aliphatic carbocycles. The number of rotatable bonds is 5. The van der Waals surface area contributed by atoms with E-state index < -0.39 is 27.8 Å². The molecular formula is C21H16N2O6S. The lowest BCUT2D eigenvalue weighted by atomic mass is 9.94. The number of anilines is 1. The molecular weight excluding hydrogens is 408 g/mol. The quantitative estimate of drug-likeness (QED) is 0.608. The number of carbonyl (C=O) groups excluding carboxylic acids is 2. The van der Waals surface area contributed by atoms with Gasteiger partial charge in [-0.3, -0.25) is 19.2 Å². The zero-order chi connectivity index (χ0) is 21.6. The molecule has 3 aromatic carbocycles. The van der Waals surface area contributed by atoms with Crippen LogP contribution in [0.1, 0.15) is 38.0 Å². The number of nitrogens with zero attached hydrogens (tertiary/aromatic N) is 1. The Morgan fingerprint density at radius 3 is 2.40 bits per heavy atom. The average molecular weight is 424 g/mol. The highest BCUT2D eigenvalue weighted by molar-refractivity contribution is 7.92. The van der Waals surface area contributed by atoms with Gasteiger partial charge in [-0.2, -0.15) is 0 Å². The van der Waals surface area contributed by atoms with Gasteiger partial charge in [0.1, 0.15) is 0 Å². The third-order valence-electron chi connectivity index (χ3n) is 4.89. The number of amides is 2. The fourth-order valence-electron chi connectivity index (χ4n) is 3.50. The van der Waals surface area contributed by atoms with Crippen LogP contribution in [0.3, 0.4) is 0 Å². The topological polar surface area (TPSA) is 121 Å². The number of carbonyl (C=O) groups is 3. The molecule has 0 spiro atoms. The van der Waals surface area contributed by atoms with Gasteiger partial charge in [-0.15, -0.1) is 0 Å². The van der Waals surface area contributed by atoms with Crippen molar-refractivity contribution < 1.29 is 27.9 Å². The fourth-order valence-corrected chi connectivity index (χ4v) is 4.61. The normalized spacial score (nSPS) is 13.6. The minimum absolute atomic E-state index is 0.0688. The van der Waals surface area contributed by atoms with E-state index in [-0.39, 0.29) is 28.3 Å². The molecule has 0 bridgehead atoms. The van der Waals surface area contributed by atoms with E-state index in [4.69, 9.17) is 5.11 Å². The lowest BCUT2D eigenvalue weighted by Crippen LogP contribution is -2.40. The van der Waals surface area contributed by atoms with E-state index in [0.29, 0.717) is 16.3 Å². The summed E-state index contributed by atoms with van der Waals surface area (Å²) < 4.78 is 28.3. The van der Waals surface area contributed by atoms with Crippen LogP contribution in [0, 0.1) is 0 Å². The monoisotopic (exact) mass is 424 g/mol. The Kier molecular flexibility index (Phi) is 4.54. The first-order valence-electron chi connectivity index (χ1n) is 9.02. The average Bonchev–Trinajstić information content (AvgIpc) is 2.71. The summed E-state index contributed by atoms with van der Waals surface area (Å²) >= 11 is 0. The van der Waals surface area contributed by atoms with Gasteiger partial charge in [-0.05, 0) is 48.7 Å². The van der Waals surface area contributed by atoms with E-state index in [0.717, 1.165) is 4.90 Å². The predicted molar refractivity (Wildman–Crippen MR) is 109 cm³/mol. The number of aromatic carboxylic acids is 1. The molecule has 2 amide bonds. The molecule has 1 aliphatic heterocycles. The van der Waals surface area contributed by atoms with Crippen LogP contribution in [-0.2, 0) is 10.0 Å². The van der Waals surface area contributed by atoms with Crippen molar-refractivity contribution >= 4 is 44.3 Å². The van der Waals surface area contributed by atoms with Crippen molar-refractivity contribution in [2.45, 2.75) is 11.8 Å². The second kappa shape index (κ2) is 6.96. The van der Waals surface area contributed by atoms with Crippen molar-refractivity contribution in [3.8, 4) is 0 Å². The van der Waals surface area contributed by atoms with Gasteiger partial charge in [0.25, 0.3) is 21.8 Å². The van der Waals surface area contributed by atoms with E-state index in [1.807, 2.05) is 0 Å². The Morgan fingerprint density at radius 1 is 1.00 bits per heavy atom. The van der Waals surface area contributed by atoms with Gasteiger partial charge in [-0.1, -0.05) is 18.2 Å². The molecule has 0 aromatic heterocycles. The number of imide groups is 1. The van der Waals surface area contributed by atoms with Crippen LogP contribution in [0.2, 0.25) is 0 Å². The summed E-state index contributed by atoms with van der Waals surface area (Å²) in [5.74, 6) is -2.16. The molecule has 0 unspecified atom stereocenters. The number of hydrogen-bond acceptors (Lipinski definition) is 5. The van der Waals surface area contributed by atoms with Crippen LogP contribution in [-0.4, -0.2) is 42.8 Å². The Hall–Kier alpha value is -3.72. The minimum atomic E-state index is -4.13. The maximum absolute atomic E-state index is 13.0. The molecule has 0 saturated carbocycles. The summed E-state index contributed by atoms with van der Waals surface area (Å²) in [7, 11) is -4.13. The number of benzene rings is 3. The van der Waals surface area contributed by atoms with Crippen molar-refractivity contribution in [3.63, 3.8) is 0 Å². The summed E-state index contributed by atoms with van der Waals surface area (Å²) in [4.78, 5) is 37.4. The zero-order valence-corrected chi connectivity index (χ0v) is 16.6. The van der Waals surface area contributed by atoms with Gasteiger partial charge in [0.2, 0.25) is 0 Å². The molecule has 4 rings (SSSR count). The second-order valence-electron chi connectivity index (χ2n) is 6.72. The van der Waals surface area contributed by atoms with Crippen LogP contribution in [0.5, 0.6) is 0 Å². The Morgan fingerprint density at radius 2 is 1.70 bits per heavy atom. The summed E-state index contributed by atoms with van der Waals surface area (Å²) in [5, 5.41) is 9.96. The third-order valence-corrected chi connectivity index (χ3v) is 6.25. The summed E-state index contributed by atoms with van der Waals surface area (Å²) in [6, 6.07) is 12.9. The van der Waals surface area contributed by atoms with E-state index in [9.17, 15) is 22.8 Å². The maximum atomic E-state index is 13.0. The van der Waals surface area contributed by atoms with Gasteiger partial charge in [0.15, 0.2) is 0 Å². The first kappa shape index (κ1) is 19.6. The molecule has 1 aliphatic rings. The molecule has 1 heterocycles. The SMILES string of the molecule is CCN1C(=O)c2cccc3cc(S(=O)(=O)Nc4cccc(C(=O)O)c4)cc(c23)C1=O. The van der Waals surface area contributed by atoms with Crippen molar-refractivity contribution in [3.05, 3.63) is 71.3 Å². The first-order chi connectivity index (χ1) is 14.2. The van der Waals surface area contributed by atoms with E-state index in [1.165, 1.54) is 36.4 Å². The first-order valence-corrected chi connectivity index (χ1v) is 10.5. The molecule has 0 radical (unpaired) electrons. The number of nitrogens with one attached hydrogen (secondary N) is 1. The summed E-state index contributed by atoms with van der Waals surface area (Å²) in [6.07, 6.45) is 0. The van der Waals surface area contributed by atoms with Gasteiger partial charge in [-0.25, -0.2) is 13.2 Å². The molecule has 152 valence electrons. The highest BCUT2D eigenvalue weighted by Gasteiger charge is 2.33. The highest BCUT2D eigenvalue weighted by Crippen LogP contribution is 2.33. The lowest BCUT2D eigenvalue weighted by Gasteiger charge is -2.26. The molecule has 8 nitrogen and oxygen atoms in total. The van der Waals surface area contributed by atoms with E-state index in [2.05, 4.69) is 4.72 Å². The van der Waals surface area contributed by atoms with E-state index in [1.54, 1.807) is 25.1 Å². The van der Waals surface area contributed by atoms with Gasteiger partial charge < -0.3 is 5.11 Å². The second-order valence-corrected chi connectivity index (χ2v) is 8.40. The molecule has 2 N–H and O–H groups in total. The number of hydrogen-bond donors (Lipinski definition) is 2. The van der Waals surface area contributed by atoms with Crippen LogP contribution < -0.4 is 4.72 Å². The molecule has 9 heteroatoms. The smallest absolute Gasteiger partial charge is 0.335 e. The molecule has 0 saturated heterocycles. The lowest BCUT2D eigenvalue weighted by molar-refractivity contribution is 0.0617. The van der Waals surface area contributed by atoms with Crippen molar-refractivity contribution in [2.75, 3.05) is 11.3 Å². The van der Waals surface area contributed by atoms with Gasteiger partial charge in [0.05, 0.1) is 10.5 Å². The fraction of sp³-hybridized carbons (Fsp3) is 0.0952. The third kappa shape index (κ3) is 3.09. The maximum Gasteiger partial charge on any atom is 0.335 e. The van der Waals surface area contributed by atoms with Crippen LogP contribution in [0.15, 0.2) is 59.5 Å². The van der Waals surface area contributed by atoms with E-state index >= 15 is 0 Å². The van der Waals surface area contributed by atoms with Crippen LogP contribution >= 0.6 is 0 Å².